The van der Waals surface area contributed by atoms with Crippen molar-refractivity contribution in [2.75, 3.05) is 44.8 Å². The highest BCUT2D eigenvalue weighted by molar-refractivity contribution is 14.0. The van der Waals surface area contributed by atoms with Crippen molar-refractivity contribution >= 4 is 35.8 Å². The van der Waals surface area contributed by atoms with Crippen LogP contribution in [0.5, 0.6) is 0 Å². The number of ether oxygens (including phenoxy) is 1. The largest absolute Gasteiger partial charge is 0.379 e. The maximum absolute atomic E-state index is 5.65. The molecule has 7 heteroatoms. The fraction of sp³-hybridized carbons (Fsp3) is 0.684. The van der Waals surface area contributed by atoms with Gasteiger partial charge in [0.1, 0.15) is 5.82 Å². The number of hydrogen-bond donors (Lipinski definition) is 2. The molecule has 1 aliphatic heterocycles. The minimum Gasteiger partial charge on any atom is -0.379 e. The van der Waals surface area contributed by atoms with Gasteiger partial charge in [0.2, 0.25) is 0 Å². The first-order valence-corrected chi connectivity index (χ1v) is 9.47. The number of pyridine rings is 1. The van der Waals surface area contributed by atoms with Gasteiger partial charge in [0.15, 0.2) is 5.96 Å². The lowest BCUT2D eigenvalue weighted by molar-refractivity contribution is 0.129. The van der Waals surface area contributed by atoms with E-state index in [1.807, 2.05) is 13.2 Å². The van der Waals surface area contributed by atoms with E-state index in [-0.39, 0.29) is 24.0 Å². The number of guanidine groups is 1. The zero-order valence-corrected chi connectivity index (χ0v) is 18.2. The second kappa shape index (κ2) is 10.9. The summed E-state index contributed by atoms with van der Waals surface area (Å²) in [4.78, 5) is 11.2. The van der Waals surface area contributed by atoms with Crippen molar-refractivity contribution in [2.24, 2.45) is 10.9 Å². The number of aliphatic imine (C=N–C) groups is 1. The summed E-state index contributed by atoms with van der Waals surface area (Å²) in [6, 6.07) is 4.70. The minimum atomic E-state index is 0. The monoisotopic (exact) mass is 473 g/mol. The lowest BCUT2D eigenvalue weighted by Crippen LogP contribution is -2.49. The van der Waals surface area contributed by atoms with Gasteiger partial charge in [-0.25, -0.2) is 4.98 Å². The molecule has 0 atom stereocenters. The summed E-state index contributed by atoms with van der Waals surface area (Å²) in [5.74, 6) is 2.78. The fourth-order valence-corrected chi connectivity index (χ4v) is 3.06. The first-order valence-electron chi connectivity index (χ1n) is 9.47. The Morgan fingerprint density at radius 1 is 1.27 bits per heavy atom. The zero-order valence-electron chi connectivity index (χ0n) is 15.9. The van der Waals surface area contributed by atoms with Crippen LogP contribution in [0.1, 0.15) is 31.2 Å². The van der Waals surface area contributed by atoms with Crippen LogP contribution in [0.25, 0.3) is 0 Å². The third-order valence-corrected chi connectivity index (χ3v) is 4.87. The summed E-state index contributed by atoms with van der Waals surface area (Å²) in [6.45, 7) is 6.58. The number of anilines is 1. The Morgan fingerprint density at radius 3 is 2.65 bits per heavy atom. The molecule has 1 aromatic rings. The third kappa shape index (κ3) is 6.90. The Kier molecular flexibility index (Phi) is 8.90. The molecule has 1 aliphatic carbocycles. The molecular formula is C19H32IN5O. The van der Waals surface area contributed by atoms with Crippen LogP contribution >= 0.6 is 24.0 Å². The van der Waals surface area contributed by atoms with Gasteiger partial charge in [0, 0.05) is 45.5 Å². The van der Waals surface area contributed by atoms with Crippen molar-refractivity contribution in [1.82, 2.24) is 15.6 Å². The van der Waals surface area contributed by atoms with Gasteiger partial charge in [-0.15, -0.1) is 24.0 Å². The predicted octanol–water partition coefficient (Wildman–Crippen LogP) is 2.57. The van der Waals surface area contributed by atoms with Crippen LogP contribution in [0.2, 0.25) is 0 Å². The predicted molar refractivity (Wildman–Crippen MR) is 118 cm³/mol. The quantitative estimate of drug-likeness (QED) is 0.276. The zero-order chi connectivity index (χ0) is 17.5. The molecule has 2 heterocycles. The summed E-state index contributed by atoms with van der Waals surface area (Å²) < 4.78 is 5.65. The highest BCUT2D eigenvalue weighted by Gasteiger charge is 2.22. The SMILES string of the molecule is CN=C(NCCOCC1CC1)NC1CCN(c2ccc(C)cn2)CC1.I. The van der Waals surface area contributed by atoms with Crippen molar-refractivity contribution in [3.8, 4) is 0 Å². The summed E-state index contributed by atoms with van der Waals surface area (Å²) in [7, 11) is 1.83. The average Bonchev–Trinajstić information content (AvgIpc) is 3.46. The summed E-state index contributed by atoms with van der Waals surface area (Å²) in [5, 5.41) is 6.88. The Morgan fingerprint density at radius 2 is 2.04 bits per heavy atom. The lowest BCUT2D eigenvalue weighted by Gasteiger charge is -2.33. The van der Waals surface area contributed by atoms with Crippen LogP contribution in [0.15, 0.2) is 23.3 Å². The van der Waals surface area contributed by atoms with Crippen LogP contribution in [0.4, 0.5) is 5.82 Å². The van der Waals surface area contributed by atoms with Crippen molar-refractivity contribution in [1.29, 1.82) is 0 Å². The van der Waals surface area contributed by atoms with Crippen LogP contribution in [0, 0.1) is 12.8 Å². The Hall–Kier alpha value is -1.09. The molecule has 0 bridgehead atoms. The van der Waals surface area contributed by atoms with E-state index >= 15 is 0 Å². The van der Waals surface area contributed by atoms with Crippen LogP contribution in [-0.2, 0) is 4.74 Å². The molecule has 0 unspecified atom stereocenters. The number of aryl methyl sites for hydroxylation is 1. The smallest absolute Gasteiger partial charge is 0.191 e. The van der Waals surface area contributed by atoms with Gasteiger partial charge in [0.05, 0.1) is 6.61 Å². The van der Waals surface area contributed by atoms with E-state index in [2.05, 4.69) is 44.6 Å². The van der Waals surface area contributed by atoms with Gasteiger partial charge in [-0.3, -0.25) is 4.99 Å². The minimum absolute atomic E-state index is 0. The molecule has 2 aliphatic rings. The molecule has 2 N–H and O–H groups in total. The molecule has 1 saturated heterocycles. The molecule has 0 aromatic carbocycles. The standard InChI is InChI=1S/C19H31N5O.HI/c1-15-3-6-18(22-13-15)24-10-7-17(8-11-24)23-19(20-2)21-9-12-25-14-16-4-5-16;/h3,6,13,16-17H,4-5,7-12,14H2,1-2H3,(H2,20,21,23);1H. The Bertz CT molecular complexity index is 554. The van der Waals surface area contributed by atoms with E-state index in [0.29, 0.717) is 6.04 Å². The molecule has 2 fully saturated rings. The third-order valence-electron chi connectivity index (χ3n) is 4.87. The first kappa shape index (κ1) is 21.2. The molecule has 6 nitrogen and oxygen atoms in total. The van der Waals surface area contributed by atoms with E-state index in [4.69, 9.17) is 4.74 Å². The van der Waals surface area contributed by atoms with Crippen molar-refractivity contribution in [3.63, 3.8) is 0 Å². The lowest BCUT2D eigenvalue weighted by atomic mass is 10.1. The van der Waals surface area contributed by atoms with Crippen molar-refractivity contribution < 1.29 is 4.74 Å². The van der Waals surface area contributed by atoms with E-state index in [1.165, 1.54) is 18.4 Å². The number of aromatic nitrogens is 1. The Balaban J connectivity index is 0.00000243. The second-order valence-electron chi connectivity index (χ2n) is 7.12. The molecular weight excluding hydrogens is 441 g/mol. The maximum atomic E-state index is 5.65. The molecule has 0 spiro atoms. The van der Waals surface area contributed by atoms with E-state index in [9.17, 15) is 0 Å². The maximum Gasteiger partial charge on any atom is 0.191 e. The number of piperidine rings is 1. The molecule has 26 heavy (non-hydrogen) atoms. The van der Waals surface area contributed by atoms with Crippen molar-refractivity contribution in [3.05, 3.63) is 23.9 Å². The number of rotatable bonds is 7. The van der Waals surface area contributed by atoms with Gasteiger partial charge < -0.3 is 20.3 Å². The van der Waals surface area contributed by atoms with Crippen LogP contribution in [0.3, 0.4) is 0 Å². The fourth-order valence-electron chi connectivity index (χ4n) is 3.06. The first-order chi connectivity index (χ1) is 12.2. The van der Waals surface area contributed by atoms with E-state index in [1.54, 1.807) is 0 Å². The number of nitrogens with zero attached hydrogens (tertiary/aromatic N) is 3. The second-order valence-corrected chi connectivity index (χ2v) is 7.12. The van der Waals surface area contributed by atoms with E-state index < -0.39 is 0 Å². The molecule has 1 aromatic heterocycles. The molecule has 0 radical (unpaired) electrons. The summed E-state index contributed by atoms with van der Waals surface area (Å²) >= 11 is 0. The van der Waals surface area contributed by atoms with Crippen molar-refractivity contribution in [2.45, 2.75) is 38.6 Å². The Labute approximate surface area is 174 Å². The highest BCUT2D eigenvalue weighted by atomic mass is 127. The molecule has 1 saturated carbocycles. The van der Waals surface area contributed by atoms with Gasteiger partial charge in [-0.1, -0.05) is 6.07 Å². The summed E-state index contributed by atoms with van der Waals surface area (Å²) in [6.07, 6.45) is 6.81. The van der Waals surface area contributed by atoms with Crippen LogP contribution in [-0.4, -0.2) is 56.9 Å². The number of nitrogens with one attached hydrogen (secondary N) is 2. The van der Waals surface area contributed by atoms with Gasteiger partial charge in [-0.2, -0.15) is 0 Å². The van der Waals surface area contributed by atoms with Gasteiger partial charge in [0.25, 0.3) is 0 Å². The molecule has 3 rings (SSSR count). The topological polar surface area (TPSA) is 61.8 Å². The average molecular weight is 473 g/mol. The van der Waals surface area contributed by atoms with Gasteiger partial charge >= 0.3 is 0 Å². The van der Waals surface area contributed by atoms with Gasteiger partial charge in [-0.05, 0) is 50.2 Å². The normalized spacial score (nSPS) is 18.4. The van der Waals surface area contributed by atoms with E-state index in [0.717, 1.165) is 63.4 Å². The van der Waals surface area contributed by atoms with Crippen LogP contribution < -0.4 is 15.5 Å². The number of hydrogen-bond acceptors (Lipinski definition) is 4. The molecule has 0 amide bonds. The summed E-state index contributed by atoms with van der Waals surface area (Å²) in [5.41, 5.74) is 1.20. The number of halogens is 1. The molecule has 146 valence electrons. The highest BCUT2D eigenvalue weighted by Crippen LogP contribution is 2.28.